The monoisotopic (exact) mass is 128 g/mol. The first-order chi connectivity index (χ1) is 4.31. The molecule has 2 aliphatic rings. The van der Waals surface area contributed by atoms with Crippen molar-refractivity contribution in [2.24, 2.45) is 5.92 Å². The molecule has 1 spiro atoms. The fraction of sp³-hybridized carbons (Fsp3) is 1.00. The van der Waals surface area contributed by atoms with Crippen molar-refractivity contribution in [2.45, 2.75) is 38.4 Å². The van der Waals surface area contributed by atoms with Gasteiger partial charge in [0.15, 0.2) is 0 Å². The topological polar surface area (TPSA) is 25.1 Å². The highest BCUT2D eigenvalue weighted by Gasteiger charge is 2.50. The normalized spacial score (nSPS) is 39.0. The van der Waals surface area contributed by atoms with Gasteiger partial charge in [-0.1, -0.05) is 13.3 Å². The van der Waals surface area contributed by atoms with Crippen molar-refractivity contribution in [3.8, 4) is 0 Å². The molecule has 2 nitrogen and oxygen atoms in total. The first-order valence-electron chi connectivity index (χ1n) is 3.68. The van der Waals surface area contributed by atoms with Crippen molar-refractivity contribution in [3.05, 3.63) is 0 Å². The van der Waals surface area contributed by atoms with E-state index >= 15 is 0 Å². The molecule has 0 aromatic rings. The van der Waals surface area contributed by atoms with Crippen molar-refractivity contribution in [1.82, 2.24) is 0 Å². The van der Waals surface area contributed by atoms with E-state index in [4.69, 9.17) is 9.78 Å². The standard InChI is InChI=1S/C7H12O2/c1-6-3-2-4-7(5-6)8-9-7/h6H,2-5H2,1H3. The van der Waals surface area contributed by atoms with Gasteiger partial charge < -0.3 is 0 Å². The summed E-state index contributed by atoms with van der Waals surface area (Å²) in [4.78, 5) is 9.81. The van der Waals surface area contributed by atoms with E-state index < -0.39 is 0 Å². The second-order valence-corrected chi connectivity index (χ2v) is 3.28. The maximum Gasteiger partial charge on any atom is 0.234 e. The minimum Gasteiger partial charge on any atom is -0.195 e. The second kappa shape index (κ2) is 1.70. The van der Waals surface area contributed by atoms with Gasteiger partial charge in [-0.2, -0.15) is 9.78 Å². The van der Waals surface area contributed by atoms with Crippen LogP contribution in [0, 0.1) is 5.92 Å². The first-order valence-corrected chi connectivity index (χ1v) is 3.68. The fourth-order valence-electron chi connectivity index (χ4n) is 1.67. The van der Waals surface area contributed by atoms with E-state index in [0.29, 0.717) is 0 Å². The van der Waals surface area contributed by atoms with Gasteiger partial charge >= 0.3 is 0 Å². The average molecular weight is 128 g/mol. The smallest absolute Gasteiger partial charge is 0.195 e. The zero-order valence-electron chi connectivity index (χ0n) is 5.72. The summed E-state index contributed by atoms with van der Waals surface area (Å²) in [6, 6.07) is 0. The summed E-state index contributed by atoms with van der Waals surface area (Å²) in [7, 11) is 0. The lowest BCUT2D eigenvalue weighted by atomic mass is 9.87. The second-order valence-electron chi connectivity index (χ2n) is 3.28. The summed E-state index contributed by atoms with van der Waals surface area (Å²) in [5.41, 5.74) is 0. The highest BCUT2D eigenvalue weighted by atomic mass is 17.4. The summed E-state index contributed by atoms with van der Waals surface area (Å²) in [5.74, 6) is 0.693. The van der Waals surface area contributed by atoms with Crippen LogP contribution in [0.5, 0.6) is 0 Å². The van der Waals surface area contributed by atoms with Crippen LogP contribution in [0.15, 0.2) is 0 Å². The summed E-state index contributed by atoms with van der Waals surface area (Å²) < 4.78 is 0. The molecule has 1 saturated heterocycles. The predicted octanol–water partition coefficient (Wildman–Crippen LogP) is 1.85. The van der Waals surface area contributed by atoms with Gasteiger partial charge in [-0.3, -0.25) is 0 Å². The maximum atomic E-state index is 4.91. The van der Waals surface area contributed by atoms with Crippen LogP contribution in [0.1, 0.15) is 32.6 Å². The summed E-state index contributed by atoms with van der Waals surface area (Å²) >= 11 is 0. The Morgan fingerprint density at radius 2 is 2.22 bits per heavy atom. The summed E-state index contributed by atoms with van der Waals surface area (Å²) in [5, 5.41) is 0. The van der Waals surface area contributed by atoms with Gasteiger partial charge in [-0.25, -0.2) is 0 Å². The highest BCUT2D eigenvalue weighted by Crippen LogP contribution is 2.45. The third-order valence-electron chi connectivity index (χ3n) is 2.23. The van der Waals surface area contributed by atoms with Crippen molar-refractivity contribution >= 4 is 0 Å². The quantitative estimate of drug-likeness (QED) is 0.367. The Kier molecular flexibility index (Phi) is 1.08. The zero-order valence-corrected chi connectivity index (χ0v) is 5.72. The average Bonchev–Trinajstić information content (AvgIpc) is 2.49. The molecule has 0 aromatic carbocycles. The van der Waals surface area contributed by atoms with E-state index in [9.17, 15) is 0 Å². The van der Waals surface area contributed by atoms with Crippen LogP contribution in [0.4, 0.5) is 0 Å². The Balaban J connectivity index is 1.96. The van der Waals surface area contributed by atoms with Crippen LogP contribution in [0.25, 0.3) is 0 Å². The van der Waals surface area contributed by atoms with Crippen LogP contribution in [-0.4, -0.2) is 5.79 Å². The Labute approximate surface area is 55.1 Å². The van der Waals surface area contributed by atoms with Crippen LogP contribution < -0.4 is 0 Å². The molecule has 0 aromatic heterocycles. The largest absolute Gasteiger partial charge is 0.234 e. The molecule has 1 atom stereocenters. The van der Waals surface area contributed by atoms with Crippen LogP contribution in [0.3, 0.4) is 0 Å². The third-order valence-corrected chi connectivity index (χ3v) is 2.23. The van der Waals surface area contributed by atoms with Gasteiger partial charge in [0.05, 0.1) is 0 Å². The molecule has 1 unspecified atom stereocenters. The van der Waals surface area contributed by atoms with Gasteiger partial charge in [0, 0.05) is 12.8 Å². The van der Waals surface area contributed by atoms with Gasteiger partial charge in [0.1, 0.15) is 0 Å². The minimum atomic E-state index is -0.0995. The Morgan fingerprint density at radius 1 is 1.44 bits per heavy atom. The van der Waals surface area contributed by atoms with E-state index in [2.05, 4.69) is 6.92 Å². The minimum absolute atomic E-state index is 0.0995. The molecule has 0 bridgehead atoms. The predicted molar refractivity (Wildman–Crippen MR) is 32.5 cm³/mol. The molecule has 52 valence electrons. The molecule has 2 heteroatoms. The van der Waals surface area contributed by atoms with E-state index in [0.717, 1.165) is 18.8 Å². The van der Waals surface area contributed by atoms with Gasteiger partial charge in [0.2, 0.25) is 5.79 Å². The highest BCUT2D eigenvalue weighted by molar-refractivity contribution is 4.81. The Bertz CT molecular complexity index is 118. The number of rotatable bonds is 0. The van der Waals surface area contributed by atoms with E-state index in [-0.39, 0.29) is 5.79 Å². The number of hydrogen-bond acceptors (Lipinski definition) is 2. The van der Waals surface area contributed by atoms with E-state index in [1.54, 1.807) is 0 Å². The molecular formula is C7H12O2. The van der Waals surface area contributed by atoms with Crippen molar-refractivity contribution in [3.63, 3.8) is 0 Å². The van der Waals surface area contributed by atoms with Crippen molar-refractivity contribution in [1.29, 1.82) is 0 Å². The molecule has 0 amide bonds. The van der Waals surface area contributed by atoms with Crippen LogP contribution in [-0.2, 0) is 9.78 Å². The number of hydrogen-bond donors (Lipinski definition) is 0. The SMILES string of the molecule is CC1CCCC2(C1)OO2. The lowest BCUT2D eigenvalue weighted by Gasteiger charge is -2.19. The lowest BCUT2D eigenvalue weighted by Crippen LogP contribution is -2.20. The molecular weight excluding hydrogens is 116 g/mol. The van der Waals surface area contributed by atoms with Gasteiger partial charge in [0.25, 0.3) is 0 Å². The van der Waals surface area contributed by atoms with Gasteiger partial charge in [-0.05, 0) is 12.3 Å². The fourth-order valence-corrected chi connectivity index (χ4v) is 1.67. The van der Waals surface area contributed by atoms with Crippen LogP contribution >= 0.6 is 0 Å². The zero-order chi connectivity index (χ0) is 6.32. The molecule has 0 N–H and O–H groups in total. The maximum absolute atomic E-state index is 4.91. The van der Waals surface area contributed by atoms with Gasteiger partial charge in [-0.15, -0.1) is 0 Å². The van der Waals surface area contributed by atoms with Crippen molar-refractivity contribution < 1.29 is 9.78 Å². The molecule has 0 radical (unpaired) electrons. The van der Waals surface area contributed by atoms with Crippen LogP contribution in [0.2, 0.25) is 0 Å². The Morgan fingerprint density at radius 3 is 2.67 bits per heavy atom. The molecule has 2 fully saturated rings. The molecule has 2 rings (SSSR count). The third kappa shape index (κ3) is 0.970. The van der Waals surface area contributed by atoms with E-state index in [1.165, 1.54) is 12.8 Å². The van der Waals surface area contributed by atoms with Crippen molar-refractivity contribution in [2.75, 3.05) is 0 Å². The summed E-state index contributed by atoms with van der Waals surface area (Å²) in [6.45, 7) is 2.26. The molecule has 1 heterocycles. The molecule has 1 aliphatic carbocycles. The lowest BCUT2D eigenvalue weighted by molar-refractivity contribution is 0.0850. The molecule has 1 aliphatic heterocycles. The molecule has 1 saturated carbocycles. The Hall–Kier alpha value is -0.0800. The van der Waals surface area contributed by atoms with E-state index in [1.807, 2.05) is 0 Å². The first kappa shape index (κ1) is 5.69. The molecule has 9 heavy (non-hydrogen) atoms. The summed E-state index contributed by atoms with van der Waals surface area (Å²) in [6.07, 6.45) is 4.82.